The summed E-state index contributed by atoms with van der Waals surface area (Å²) in [7, 11) is -3.39. The molecule has 0 aromatic heterocycles. The molecule has 0 amide bonds. The van der Waals surface area contributed by atoms with Crippen LogP contribution in [0, 0.1) is 0 Å². The minimum atomic E-state index is -3.39. The Balaban J connectivity index is 3.05. The van der Waals surface area contributed by atoms with Crippen molar-refractivity contribution in [2.24, 2.45) is 5.73 Å². The van der Waals surface area contributed by atoms with E-state index in [1.54, 1.807) is 24.3 Å². The fraction of sp³-hybridized carbons (Fsp3) is 0.400. The fourth-order valence-corrected chi connectivity index (χ4v) is 2.60. The van der Waals surface area contributed by atoms with Gasteiger partial charge < -0.3 is 10.8 Å². The van der Waals surface area contributed by atoms with Crippen LogP contribution in [0.2, 0.25) is 5.02 Å². The number of benzene rings is 1. The van der Waals surface area contributed by atoms with E-state index in [-0.39, 0.29) is 0 Å². The fourth-order valence-electron chi connectivity index (χ4n) is 1.44. The van der Waals surface area contributed by atoms with Crippen LogP contribution >= 0.6 is 11.6 Å². The number of hydrogen-bond acceptors (Lipinski definition) is 4. The minimum absolute atomic E-state index is 0.484. The molecule has 0 aliphatic heterocycles. The summed E-state index contributed by atoms with van der Waals surface area (Å²) in [6.07, 6.45) is 1.05. The normalized spacial score (nSPS) is 15.8. The second-order valence-electron chi connectivity index (χ2n) is 3.63. The topological polar surface area (TPSA) is 80.4 Å². The summed E-state index contributed by atoms with van der Waals surface area (Å²) in [4.78, 5) is 0. The van der Waals surface area contributed by atoms with Crippen LogP contribution < -0.4 is 5.73 Å². The van der Waals surface area contributed by atoms with Crippen LogP contribution in [0.5, 0.6) is 0 Å². The van der Waals surface area contributed by atoms with Crippen LogP contribution in [-0.4, -0.2) is 31.6 Å². The Morgan fingerprint density at radius 3 is 2.56 bits per heavy atom. The SMILES string of the molecule is CS(=O)(=O)[C@@H](CO)[C@H](N)c1cccc(Cl)c1. The van der Waals surface area contributed by atoms with Gasteiger partial charge in [0, 0.05) is 17.3 Å². The maximum Gasteiger partial charge on any atom is 0.154 e. The Labute approximate surface area is 100.0 Å². The first-order valence-corrected chi connectivity index (χ1v) is 7.00. The zero-order valence-corrected chi connectivity index (χ0v) is 10.4. The first-order chi connectivity index (χ1) is 7.36. The molecule has 0 saturated heterocycles. The molecule has 1 rings (SSSR count). The van der Waals surface area contributed by atoms with Gasteiger partial charge >= 0.3 is 0 Å². The number of halogens is 1. The molecule has 1 aromatic rings. The number of aliphatic hydroxyl groups excluding tert-OH is 1. The van der Waals surface area contributed by atoms with E-state index in [0.29, 0.717) is 10.6 Å². The van der Waals surface area contributed by atoms with Crippen molar-refractivity contribution in [1.82, 2.24) is 0 Å². The van der Waals surface area contributed by atoms with E-state index < -0.39 is 27.7 Å². The van der Waals surface area contributed by atoms with Crippen molar-refractivity contribution in [3.63, 3.8) is 0 Å². The number of aliphatic hydroxyl groups is 1. The smallest absolute Gasteiger partial charge is 0.154 e. The van der Waals surface area contributed by atoms with Gasteiger partial charge in [0.1, 0.15) is 5.25 Å². The van der Waals surface area contributed by atoms with E-state index in [9.17, 15) is 8.42 Å². The molecule has 0 bridgehead atoms. The average Bonchev–Trinajstić information content (AvgIpc) is 2.16. The van der Waals surface area contributed by atoms with Crippen molar-refractivity contribution >= 4 is 21.4 Å². The molecule has 0 aliphatic carbocycles. The molecule has 0 unspecified atom stereocenters. The second-order valence-corrected chi connectivity index (χ2v) is 6.33. The van der Waals surface area contributed by atoms with Gasteiger partial charge in [0.15, 0.2) is 9.84 Å². The quantitative estimate of drug-likeness (QED) is 0.840. The maximum atomic E-state index is 11.4. The Kier molecular flexibility index (Phi) is 4.32. The largest absolute Gasteiger partial charge is 0.395 e. The predicted molar refractivity (Wildman–Crippen MR) is 64.1 cm³/mol. The number of nitrogens with two attached hydrogens (primary N) is 1. The molecular weight excluding hydrogens is 250 g/mol. The first-order valence-electron chi connectivity index (χ1n) is 4.67. The van der Waals surface area contributed by atoms with Crippen LogP contribution in [0.25, 0.3) is 0 Å². The highest BCUT2D eigenvalue weighted by Crippen LogP contribution is 2.21. The van der Waals surface area contributed by atoms with Crippen LogP contribution in [0.4, 0.5) is 0 Å². The minimum Gasteiger partial charge on any atom is -0.395 e. The lowest BCUT2D eigenvalue weighted by Gasteiger charge is -2.20. The standard InChI is InChI=1S/C10H14ClNO3S/c1-16(14,15)9(6-13)10(12)7-3-2-4-8(11)5-7/h2-5,9-10,13H,6,12H2,1H3/t9-,10+/m0/s1. The molecule has 90 valence electrons. The van der Waals surface area contributed by atoms with Gasteiger partial charge in [-0.3, -0.25) is 0 Å². The maximum absolute atomic E-state index is 11.4. The molecular formula is C10H14ClNO3S. The lowest BCUT2D eigenvalue weighted by atomic mass is 10.1. The van der Waals surface area contributed by atoms with Crippen molar-refractivity contribution in [3.8, 4) is 0 Å². The van der Waals surface area contributed by atoms with Gasteiger partial charge in [-0.05, 0) is 17.7 Å². The Hall–Kier alpha value is -0.620. The Bertz CT molecular complexity index is 461. The van der Waals surface area contributed by atoms with Gasteiger partial charge in [-0.1, -0.05) is 23.7 Å². The van der Waals surface area contributed by atoms with E-state index in [0.717, 1.165) is 6.26 Å². The molecule has 3 N–H and O–H groups in total. The summed E-state index contributed by atoms with van der Waals surface area (Å²) in [6.45, 7) is -0.507. The lowest BCUT2D eigenvalue weighted by molar-refractivity contribution is 0.278. The molecule has 0 heterocycles. The third-order valence-electron chi connectivity index (χ3n) is 2.36. The van der Waals surface area contributed by atoms with Crippen molar-refractivity contribution in [2.45, 2.75) is 11.3 Å². The van der Waals surface area contributed by atoms with Crippen molar-refractivity contribution in [2.75, 3.05) is 12.9 Å². The highest BCUT2D eigenvalue weighted by Gasteiger charge is 2.28. The van der Waals surface area contributed by atoms with Crippen LogP contribution in [0.15, 0.2) is 24.3 Å². The molecule has 0 radical (unpaired) electrons. The average molecular weight is 264 g/mol. The summed E-state index contributed by atoms with van der Waals surface area (Å²) in [5.41, 5.74) is 6.40. The molecule has 16 heavy (non-hydrogen) atoms. The molecule has 4 nitrogen and oxygen atoms in total. The third kappa shape index (κ3) is 3.18. The van der Waals surface area contributed by atoms with Gasteiger partial charge in [0.2, 0.25) is 0 Å². The van der Waals surface area contributed by atoms with Crippen LogP contribution in [-0.2, 0) is 9.84 Å². The number of rotatable bonds is 4. The van der Waals surface area contributed by atoms with E-state index >= 15 is 0 Å². The summed E-state index contributed by atoms with van der Waals surface area (Å²) in [5.74, 6) is 0. The molecule has 1 aromatic carbocycles. The van der Waals surface area contributed by atoms with Gasteiger partial charge in [0.05, 0.1) is 6.61 Å². The molecule has 0 fully saturated rings. The monoisotopic (exact) mass is 263 g/mol. The Morgan fingerprint density at radius 1 is 1.50 bits per heavy atom. The summed E-state index contributed by atoms with van der Waals surface area (Å²) < 4.78 is 22.8. The highest BCUT2D eigenvalue weighted by molar-refractivity contribution is 7.91. The second kappa shape index (κ2) is 5.14. The molecule has 2 atom stereocenters. The summed E-state index contributed by atoms with van der Waals surface area (Å²) in [5, 5.41) is 8.55. The lowest BCUT2D eigenvalue weighted by Crippen LogP contribution is -2.36. The van der Waals surface area contributed by atoms with E-state index in [2.05, 4.69) is 0 Å². The van der Waals surface area contributed by atoms with Gasteiger partial charge in [-0.15, -0.1) is 0 Å². The zero-order valence-electron chi connectivity index (χ0n) is 8.80. The predicted octanol–water partition coefficient (Wildman–Crippen LogP) is 0.745. The van der Waals surface area contributed by atoms with Crippen LogP contribution in [0.3, 0.4) is 0 Å². The van der Waals surface area contributed by atoms with E-state index in [1.807, 2.05) is 0 Å². The molecule has 0 spiro atoms. The van der Waals surface area contributed by atoms with Crippen molar-refractivity contribution in [1.29, 1.82) is 0 Å². The van der Waals surface area contributed by atoms with Crippen molar-refractivity contribution < 1.29 is 13.5 Å². The van der Waals surface area contributed by atoms with Crippen molar-refractivity contribution in [3.05, 3.63) is 34.9 Å². The van der Waals surface area contributed by atoms with Gasteiger partial charge in [0.25, 0.3) is 0 Å². The highest BCUT2D eigenvalue weighted by atomic mass is 35.5. The van der Waals surface area contributed by atoms with Gasteiger partial charge in [-0.25, -0.2) is 8.42 Å². The summed E-state index contributed by atoms with van der Waals surface area (Å²) in [6, 6.07) is 5.86. The summed E-state index contributed by atoms with van der Waals surface area (Å²) >= 11 is 5.78. The van der Waals surface area contributed by atoms with E-state index in [1.165, 1.54) is 0 Å². The number of hydrogen-bond donors (Lipinski definition) is 2. The van der Waals surface area contributed by atoms with E-state index in [4.69, 9.17) is 22.4 Å². The zero-order chi connectivity index (χ0) is 12.3. The first kappa shape index (κ1) is 13.4. The van der Waals surface area contributed by atoms with Crippen LogP contribution in [0.1, 0.15) is 11.6 Å². The van der Waals surface area contributed by atoms with Gasteiger partial charge in [-0.2, -0.15) is 0 Å². The number of sulfone groups is 1. The molecule has 0 aliphatic rings. The molecule has 6 heteroatoms. The Morgan fingerprint density at radius 2 is 2.12 bits per heavy atom. The third-order valence-corrected chi connectivity index (χ3v) is 4.14. The molecule has 0 saturated carbocycles.